The molecule has 0 unspecified atom stereocenters. The van der Waals surface area contributed by atoms with Crippen molar-refractivity contribution in [3.63, 3.8) is 0 Å². The molecule has 57 heavy (non-hydrogen) atoms. The second-order valence-electron chi connectivity index (χ2n) is 12.8. The van der Waals surface area contributed by atoms with Crippen molar-refractivity contribution in [3.05, 3.63) is 77.6 Å². The van der Waals surface area contributed by atoms with Crippen LogP contribution in [0.4, 0.5) is 5.95 Å². The molecule has 3 rings (SSSR count). The molecule has 4 N–H and O–H groups in total. The average molecular weight is 817 g/mol. The predicted molar refractivity (Wildman–Crippen MR) is 207 cm³/mol. The minimum Gasteiger partial charge on any atom is -0.489 e. The summed E-state index contributed by atoms with van der Waals surface area (Å²) in [4.78, 5) is 53.1. The van der Waals surface area contributed by atoms with E-state index in [9.17, 15) is 27.6 Å². The van der Waals surface area contributed by atoms with E-state index in [0.717, 1.165) is 44.1 Å². The summed E-state index contributed by atoms with van der Waals surface area (Å²) in [6, 6.07) is 14.1. The maximum Gasteiger partial charge on any atom is 0.329 e. The van der Waals surface area contributed by atoms with Crippen LogP contribution in [0.3, 0.4) is 0 Å². The number of nitrogens with zero attached hydrogens (tertiary/aromatic N) is 2. The Morgan fingerprint density at radius 3 is 1.93 bits per heavy atom. The molecular weight excluding hydrogens is 765 g/mol. The molecule has 2 aromatic carbocycles. The van der Waals surface area contributed by atoms with Gasteiger partial charge in [0.2, 0.25) is 5.95 Å². The number of carboxylic acid groups (broad SMARTS) is 2. The summed E-state index contributed by atoms with van der Waals surface area (Å²) in [6.45, 7) is 1.36. The minimum absolute atomic E-state index is 0.000897. The molecule has 0 aliphatic heterocycles. The number of ketones is 1. The summed E-state index contributed by atoms with van der Waals surface area (Å²) >= 11 is 0. The van der Waals surface area contributed by atoms with Crippen LogP contribution in [-0.4, -0.2) is 112 Å². The first-order valence-electron chi connectivity index (χ1n) is 18.7. The normalized spacial score (nSPS) is 11.2. The Morgan fingerprint density at radius 2 is 1.25 bits per heavy atom. The van der Waals surface area contributed by atoms with Crippen LogP contribution in [0.5, 0.6) is 5.75 Å². The zero-order valence-electron chi connectivity index (χ0n) is 31.9. The highest BCUT2D eigenvalue weighted by atomic mass is 32.2. The van der Waals surface area contributed by atoms with Gasteiger partial charge < -0.3 is 39.2 Å². The fraction of sp³-hybridized carbons (Fsp3) is 0.487. The summed E-state index contributed by atoms with van der Waals surface area (Å²) in [6.07, 6.45) is 9.14. The number of hydrogen-bond donors (Lipinski definition) is 4. The van der Waals surface area contributed by atoms with E-state index in [1.54, 1.807) is 12.1 Å². The topological polar surface area (TPSA) is 239 Å². The molecule has 1 amide bonds. The molecule has 18 heteroatoms. The van der Waals surface area contributed by atoms with Crippen molar-refractivity contribution in [2.24, 2.45) is 0 Å². The van der Waals surface area contributed by atoms with E-state index in [4.69, 9.17) is 33.9 Å². The molecule has 0 radical (unpaired) electrons. The van der Waals surface area contributed by atoms with E-state index in [2.05, 4.69) is 20.0 Å². The van der Waals surface area contributed by atoms with E-state index in [0.29, 0.717) is 18.8 Å². The number of rotatable bonds is 32. The number of aryl methyl sites for hydroxylation is 1. The zero-order valence-corrected chi connectivity index (χ0v) is 32.7. The van der Waals surface area contributed by atoms with Crippen LogP contribution in [0.15, 0.2) is 65.8 Å². The van der Waals surface area contributed by atoms with Gasteiger partial charge in [-0.1, -0.05) is 43.5 Å². The lowest BCUT2D eigenvalue weighted by Gasteiger charge is -2.10. The lowest BCUT2D eigenvalue weighted by atomic mass is 10.0. The van der Waals surface area contributed by atoms with Gasteiger partial charge in [-0.15, -0.1) is 0 Å². The Labute approximate surface area is 332 Å². The maximum absolute atomic E-state index is 12.9. The lowest BCUT2D eigenvalue weighted by Crippen LogP contribution is -2.28. The molecule has 0 spiro atoms. The van der Waals surface area contributed by atoms with Gasteiger partial charge in [0.25, 0.3) is 15.9 Å². The number of aromatic nitrogens is 2. The molecule has 0 aliphatic rings. The lowest BCUT2D eigenvalue weighted by molar-refractivity contribution is -0.143. The van der Waals surface area contributed by atoms with E-state index >= 15 is 0 Å². The van der Waals surface area contributed by atoms with Gasteiger partial charge in [0, 0.05) is 38.4 Å². The Kier molecular flexibility index (Phi) is 21.8. The van der Waals surface area contributed by atoms with E-state index in [-0.39, 0.29) is 94.4 Å². The number of nitrogens with one attached hydrogen (secondary N) is 2. The Balaban J connectivity index is 1.25. The van der Waals surface area contributed by atoms with E-state index < -0.39 is 27.9 Å². The smallest absolute Gasteiger partial charge is 0.329 e. The predicted octanol–water partition coefficient (Wildman–Crippen LogP) is 4.05. The number of benzene rings is 2. The molecule has 312 valence electrons. The molecule has 1 heterocycles. The van der Waals surface area contributed by atoms with Crippen LogP contribution in [-0.2, 0) is 56.4 Å². The van der Waals surface area contributed by atoms with Gasteiger partial charge in [-0.3, -0.25) is 14.4 Å². The molecule has 0 saturated carbocycles. The van der Waals surface area contributed by atoms with Gasteiger partial charge in [0.05, 0.1) is 43.5 Å². The van der Waals surface area contributed by atoms with Gasteiger partial charge in [0.1, 0.15) is 25.6 Å². The third-order valence-corrected chi connectivity index (χ3v) is 9.41. The molecule has 1 aromatic heterocycles. The second kappa shape index (κ2) is 26.8. The fourth-order valence-corrected chi connectivity index (χ4v) is 6.02. The SMILES string of the molecule is O=C(O)CCCCCCCc1ccc(OCc2ccc(S(=O)(=O)Nc3ncc(C(=O)NCCOCCOCC(=O)CCCOCCOCC(=O)O)cn3)cc2)cc1. The Morgan fingerprint density at radius 1 is 0.632 bits per heavy atom. The number of carboxylic acids is 2. The largest absolute Gasteiger partial charge is 0.489 e. The van der Waals surface area contributed by atoms with Crippen LogP contribution >= 0.6 is 0 Å². The van der Waals surface area contributed by atoms with Crippen molar-refractivity contribution in [2.75, 3.05) is 64.1 Å². The van der Waals surface area contributed by atoms with E-state index in [1.165, 1.54) is 30.1 Å². The van der Waals surface area contributed by atoms with Crippen LogP contribution in [0, 0.1) is 0 Å². The van der Waals surface area contributed by atoms with Crippen LogP contribution in [0.1, 0.15) is 72.9 Å². The van der Waals surface area contributed by atoms with Crippen molar-refractivity contribution >= 4 is 39.6 Å². The molecule has 0 fully saturated rings. The average Bonchev–Trinajstić information content (AvgIpc) is 3.19. The summed E-state index contributed by atoms with van der Waals surface area (Å²) in [5.74, 6) is -1.86. The molecule has 0 saturated heterocycles. The van der Waals surface area contributed by atoms with Crippen molar-refractivity contribution < 1.29 is 61.5 Å². The van der Waals surface area contributed by atoms with Gasteiger partial charge in [0.15, 0.2) is 5.78 Å². The number of ether oxygens (including phenoxy) is 5. The zero-order chi connectivity index (χ0) is 41.1. The number of sulfonamides is 1. The maximum atomic E-state index is 12.9. The van der Waals surface area contributed by atoms with Crippen LogP contribution < -0.4 is 14.8 Å². The molecule has 17 nitrogen and oxygen atoms in total. The number of amides is 1. The van der Waals surface area contributed by atoms with Crippen molar-refractivity contribution in [3.8, 4) is 5.75 Å². The molecule has 0 bridgehead atoms. The van der Waals surface area contributed by atoms with Crippen LogP contribution in [0.2, 0.25) is 0 Å². The quantitative estimate of drug-likeness (QED) is 0.0650. The van der Waals surface area contributed by atoms with Gasteiger partial charge in [-0.2, -0.15) is 0 Å². The third-order valence-electron chi connectivity index (χ3n) is 8.07. The summed E-state index contributed by atoms with van der Waals surface area (Å²) in [5.41, 5.74) is 2.09. The fourth-order valence-electron chi connectivity index (χ4n) is 5.06. The number of aliphatic carboxylic acids is 2. The summed E-state index contributed by atoms with van der Waals surface area (Å²) < 4.78 is 54.8. The second-order valence-corrected chi connectivity index (χ2v) is 14.4. The van der Waals surface area contributed by atoms with Gasteiger partial charge in [-0.25, -0.2) is 27.9 Å². The first kappa shape index (κ1) is 46.4. The highest BCUT2D eigenvalue weighted by Gasteiger charge is 2.17. The first-order valence-corrected chi connectivity index (χ1v) is 20.2. The van der Waals surface area contributed by atoms with Crippen LogP contribution in [0.25, 0.3) is 0 Å². The monoisotopic (exact) mass is 816 g/mol. The number of Topliss-reactive ketones (excluding diaryl/α,β-unsaturated/α-hetero) is 1. The highest BCUT2D eigenvalue weighted by molar-refractivity contribution is 7.92. The van der Waals surface area contributed by atoms with Gasteiger partial charge in [-0.05, 0) is 61.1 Å². The highest BCUT2D eigenvalue weighted by Crippen LogP contribution is 2.19. The van der Waals surface area contributed by atoms with Crippen molar-refractivity contribution in [1.29, 1.82) is 0 Å². The van der Waals surface area contributed by atoms with Crippen molar-refractivity contribution in [1.82, 2.24) is 15.3 Å². The van der Waals surface area contributed by atoms with Gasteiger partial charge >= 0.3 is 11.9 Å². The summed E-state index contributed by atoms with van der Waals surface area (Å²) in [5, 5.41) is 19.8. The standard InChI is InChI=1S/C39H52N4O13S/c44-33(8-6-19-52-21-24-55-29-37(47)48)28-54-23-22-53-20-18-40-38(49)32-25-41-39(42-26-32)43-57(50,51)35-16-12-31(13-17-35)27-56-34-14-10-30(11-15-34)7-4-2-1-3-5-9-36(45)46/h10-17,25-26H,1-9,18-24,27-29H2,(H,40,49)(H,45,46)(H,47,48)(H,41,42,43). The Hall–Kier alpha value is -5.01. The molecule has 0 atom stereocenters. The molecule has 3 aromatic rings. The molecule has 0 aliphatic carbocycles. The Bertz CT molecular complexity index is 1760. The molecular formula is C39H52N4O13S. The number of unbranched alkanes of at least 4 members (excludes halogenated alkanes) is 4. The number of carbonyl (C=O) groups excluding carboxylic acids is 2. The van der Waals surface area contributed by atoms with Crippen molar-refractivity contribution in [2.45, 2.75) is 69.3 Å². The number of carbonyl (C=O) groups is 4. The first-order chi connectivity index (χ1) is 27.5. The minimum atomic E-state index is -4.00. The third kappa shape index (κ3) is 20.6. The van der Waals surface area contributed by atoms with E-state index in [1.807, 2.05) is 24.3 Å². The summed E-state index contributed by atoms with van der Waals surface area (Å²) in [7, 11) is -4.00. The number of anilines is 1. The number of hydrogen-bond acceptors (Lipinski definition) is 13.